The van der Waals surface area contributed by atoms with Crippen molar-refractivity contribution in [3.63, 3.8) is 0 Å². The van der Waals surface area contributed by atoms with E-state index < -0.39 is 11.6 Å². The second kappa shape index (κ2) is 7.80. The lowest BCUT2D eigenvalue weighted by molar-refractivity contribution is 0.262. The van der Waals surface area contributed by atoms with E-state index in [1.165, 1.54) is 11.1 Å². The molecule has 0 radical (unpaired) electrons. The highest BCUT2D eigenvalue weighted by Crippen LogP contribution is 2.25. The number of nitrogens with one attached hydrogen (secondary N) is 1. The molecular formula is C18H19ClF2N4. The van der Waals surface area contributed by atoms with Crippen LogP contribution in [0.25, 0.3) is 0 Å². The molecule has 1 aliphatic heterocycles. The molecule has 4 nitrogen and oxygen atoms in total. The molecule has 0 saturated heterocycles. The Bertz CT molecular complexity index is 795. The van der Waals surface area contributed by atoms with Crippen molar-refractivity contribution >= 4 is 23.2 Å². The molecule has 1 aliphatic rings. The monoisotopic (exact) mass is 364 g/mol. The van der Waals surface area contributed by atoms with E-state index in [0.717, 1.165) is 49.3 Å². The van der Waals surface area contributed by atoms with Gasteiger partial charge in [0.05, 0.1) is 12.2 Å². The van der Waals surface area contributed by atoms with Crippen LogP contribution >= 0.6 is 11.6 Å². The Morgan fingerprint density at radius 3 is 2.96 bits per heavy atom. The molecule has 0 spiro atoms. The maximum Gasteiger partial charge on any atom is 0.193 e. The molecule has 132 valence electrons. The largest absolute Gasteiger partial charge is 0.370 e. The molecule has 3 rings (SSSR count). The van der Waals surface area contributed by atoms with Gasteiger partial charge in [0.25, 0.3) is 0 Å². The van der Waals surface area contributed by atoms with Crippen LogP contribution in [0.5, 0.6) is 0 Å². The predicted molar refractivity (Wildman–Crippen MR) is 96.9 cm³/mol. The minimum atomic E-state index is -0.580. The first-order chi connectivity index (χ1) is 12.0. The molecule has 0 unspecified atom stereocenters. The number of rotatable bonds is 4. The minimum absolute atomic E-state index is 0.0252. The van der Waals surface area contributed by atoms with E-state index in [2.05, 4.69) is 21.3 Å². The Morgan fingerprint density at radius 2 is 2.12 bits per heavy atom. The zero-order chi connectivity index (χ0) is 17.8. The highest BCUT2D eigenvalue weighted by atomic mass is 35.5. The van der Waals surface area contributed by atoms with Crippen LogP contribution in [-0.2, 0) is 13.0 Å². The van der Waals surface area contributed by atoms with E-state index >= 15 is 0 Å². The van der Waals surface area contributed by atoms with E-state index in [1.807, 2.05) is 12.1 Å². The van der Waals surface area contributed by atoms with Crippen LogP contribution < -0.4 is 11.1 Å². The molecule has 0 aromatic heterocycles. The van der Waals surface area contributed by atoms with Gasteiger partial charge in [0.1, 0.15) is 11.6 Å². The van der Waals surface area contributed by atoms with Crippen molar-refractivity contribution in [2.24, 2.45) is 10.7 Å². The van der Waals surface area contributed by atoms with E-state index in [1.54, 1.807) is 0 Å². The zero-order valence-electron chi connectivity index (χ0n) is 13.6. The SMILES string of the molecule is NC(=NCCN1CCc2c(Cl)cccc2C1)Nc1cc(F)ccc1F. The number of hydrogen-bond donors (Lipinski definition) is 2. The summed E-state index contributed by atoms with van der Waals surface area (Å²) in [4.78, 5) is 6.45. The van der Waals surface area contributed by atoms with Gasteiger partial charge in [-0.3, -0.25) is 9.89 Å². The third-order valence-electron chi connectivity index (χ3n) is 4.18. The van der Waals surface area contributed by atoms with Crippen molar-refractivity contribution < 1.29 is 8.78 Å². The van der Waals surface area contributed by atoms with Crippen molar-refractivity contribution in [1.29, 1.82) is 0 Å². The van der Waals surface area contributed by atoms with Crippen molar-refractivity contribution in [3.05, 3.63) is 64.2 Å². The quantitative estimate of drug-likeness (QED) is 0.645. The van der Waals surface area contributed by atoms with Crippen LogP contribution in [0, 0.1) is 11.6 Å². The number of guanidine groups is 1. The topological polar surface area (TPSA) is 53.6 Å². The number of anilines is 1. The van der Waals surface area contributed by atoms with Crippen LogP contribution in [0.1, 0.15) is 11.1 Å². The number of fused-ring (bicyclic) bond motifs is 1. The third-order valence-corrected chi connectivity index (χ3v) is 4.53. The maximum absolute atomic E-state index is 13.6. The highest BCUT2D eigenvalue weighted by molar-refractivity contribution is 6.31. The summed E-state index contributed by atoms with van der Waals surface area (Å²) in [5, 5.41) is 3.41. The van der Waals surface area contributed by atoms with Gasteiger partial charge < -0.3 is 11.1 Å². The van der Waals surface area contributed by atoms with Gasteiger partial charge >= 0.3 is 0 Å². The second-order valence-electron chi connectivity index (χ2n) is 5.92. The van der Waals surface area contributed by atoms with Gasteiger partial charge in [0.15, 0.2) is 5.96 Å². The molecule has 0 fully saturated rings. The van der Waals surface area contributed by atoms with Crippen LogP contribution in [0.15, 0.2) is 41.4 Å². The zero-order valence-corrected chi connectivity index (χ0v) is 14.4. The molecule has 0 saturated carbocycles. The fraction of sp³-hybridized carbons (Fsp3) is 0.278. The lowest BCUT2D eigenvalue weighted by Crippen LogP contribution is -2.33. The summed E-state index contributed by atoms with van der Waals surface area (Å²) in [6.45, 7) is 2.90. The highest BCUT2D eigenvalue weighted by Gasteiger charge is 2.17. The molecule has 0 bridgehead atoms. The van der Waals surface area contributed by atoms with E-state index in [0.29, 0.717) is 6.54 Å². The van der Waals surface area contributed by atoms with Crippen molar-refractivity contribution in [3.8, 4) is 0 Å². The fourth-order valence-electron chi connectivity index (χ4n) is 2.89. The molecule has 3 N–H and O–H groups in total. The van der Waals surface area contributed by atoms with E-state index in [-0.39, 0.29) is 11.6 Å². The van der Waals surface area contributed by atoms with Gasteiger partial charge in [-0.05, 0) is 35.7 Å². The molecule has 2 aromatic carbocycles. The summed E-state index contributed by atoms with van der Waals surface area (Å²) in [5.41, 5.74) is 8.17. The van der Waals surface area contributed by atoms with Crippen molar-refractivity contribution in [2.45, 2.75) is 13.0 Å². The average Bonchev–Trinajstić information content (AvgIpc) is 2.58. The average molecular weight is 365 g/mol. The molecule has 1 heterocycles. The van der Waals surface area contributed by atoms with Crippen LogP contribution in [0.3, 0.4) is 0 Å². The Hall–Kier alpha value is -2.18. The van der Waals surface area contributed by atoms with Gasteiger partial charge in [-0.25, -0.2) is 8.78 Å². The van der Waals surface area contributed by atoms with Crippen LogP contribution in [0.4, 0.5) is 14.5 Å². The number of benzene rings is 2. The van der Waals surface area contributed by atoms with Crippen molar-refractivity contribution in [1.82, 2.24) is 4.90 Å². The number of aliphatic imine (C=N–C) groups is 1. The number of halogens is 3. The summed E-state index contributed by atoms with van der Waals surface area (Å²) in [6.07, 6.45) is 0.904. The Kier molecular flexibility index (Phi) is 5.50. The smallest absolute Gasteiger partial charge is 0.193 e. The first-order valence-corrected chi connectivity index (χ1v) is 8.41. The van der Waals surface area contributed by atoms with Crippen LogP contribution in [-0.4, -0.2) is 30.5 Å². The molecule has 0 amide bonds. The summed E-state index contributed by atoms with van der Waals surface area (Å²) in [7, 11) is 0. The fourth-order valence-corrected chi connectivity index (χ4v) is 3.18. The predicted octanol–water partition coefficient (Wildman–Crippen LogP) is 3.40. The Morgan fingerprint density at radius 1 is 1.28 bits per heavy atom. The summed E-state index contributed by atoms with van der Waals surface area (Å²) >= 11 is 6.21. The van der Waals surface area contributed by atoms with E-state index in [9.17, 15) is 8.78 Å². The standard InChI is InChI=1S/C18H19ClF2N4/c19-15-3-1-2-12-11-25(8-6-14(12)15)9-7-23-18(22)24-17-10-13(20)4-5-16(17)21/h1-5,10H,6-9,11H2,(H3,22,23,24). The lowest BCUT2D eigenvalue weighted by atomic mass is 10.00. The van der Waals surface area contributed by atoms with Gasteiger partial charge in [0.2, 0.25) is 0 Å². The number of nitrogens with two attached hydrogens (primary N) is 1. The Balaban J connectivity index is 1.54. The van der Waals surface area contributed by atoms with Gasteiger partial charge in [0, 0.05) is 30.7 Å². The first-order valence-electron chi connectivity index (χ1n) is 8.03. The minimum Gasteiger partial charge on any atom is -0.370 e. The molecule has 0 aliphatic carbocycles. The molecule has 2 aromatic rings. The van der Waals surface area contributed by atoms with Gasteiger partial charge in [-0.2, -0.15) is 0 Å². The third kappa shape index (κ3) is 4.46. The summed E-state index contributed by atoms with van der Waals surface area (Å²) in [6, 6.07) is 9.09. The van der Waals surface area contributed by atoms with E-state index in [4.69, 9.17) is 17.3 Å². The van der Waals surface area contributed by atoms with Gasteiger partial charge in [-0.15, -0.1) is 0 Å². The normalized spacial score (nSPS) is 15.1. The summed E-state index contributed by atoms with van der Waals surface area (Å²) in [5.74, 6) is -1.06. The molecule has 0 atom stereocenters. The van der Waals surface area contributed by atoms with Crippen LogP contribution in [0.2, 0.25) is 5.02 Å². The lowest BCUT2D eigenvalue weighted by Gasteiger charge is -2.28. The first kappa shape index (κ1) is 17.6. The Labute approximate surface area is 150 Å². The molecule has 7 heteroatoms. The molecular weight excluding hydrogens is 346 g/mol. The second-order valence-corrected chi connectivity index (χ2v) is 6.33. The maximum atomic E-state index is 13.6. The van der Waals surface area contributed by atoms with Crippen molar-refractivity contribution in [2.75, 3.05) is 25.0 Å². The molecule has 25 heavy (non-hydrogen) atoms. The van der Waals surface area contributed by atoms with Gasteiger partial charge in [-0.1, -0.05) is 23.7 Å². The number of nitrogens with zero attached hydrogens (tertiary/aromatic N) is 2. The number of hydrogen-bond acceptors (Lipinski definition) is 2. The summed E-state index contributed by atoms with van der Waals surface area (Å²) < 4.78 is 26.7.